The number of nitrogens with one attached hydrogen (secondary N) is 1. The molecule has 2 aromatic carbocycles. The first-order valence-electron chi connectivity index (χ1n) is 13.1. The monoisotopic (exact) mass is 504 g/mol. The Labute approximate surface area is 220 Å². The molecule has 1 fully saturated rings. The summed E-state index contributed by atoms with van der Waals surface area (Å²) in [4.78, 5) is 16.6. The van der Waals surface area contributed by atoms with Gasteiger partial charge < -0.3 is 10.2 Å². The van der Waals surface area contributed by atoms with Crippen LogP contribution in [0.2, 0.25) is 0 Å². The van der Waals surface area contributed by atoms with Gasteiger partial charge in [-0.05, 0) is 48.4 Å². The van der Waals surface area contributed by atoms with Crippen LogP contribution >= 0.6 is 11.8 Å². The highest BCUT2D eigenvalue weighted by molar-refractivity contribution is 7.99. The normalized spacial score (nSPS) is 18.1. The molecule has 4 rings (SSSR count). The number of aromatic nitrogens is 2. The highest BCUT2D eigenvalue weighted by Gasteiger charge is 2.40. The van der Waals surface area contributed by atoms with Crippen molar-refractivity contribution in [3.63, 3.8) is 0 Å². The molecule has 2 amide bonds. The van der Waals surface area contributed by atoms with Gasteiger partial charge in [-0.3, -0.25) is 4.68 Å². The number of carbonyl (C=O) groups is 1. The predicted molar refractivity (Wildman–Crippen MR) is 150 cm³/mol. The molecule has 2 atom stereocenters. The average molecular weight is 505 g/mol. The number of likely N-dealkylation sites (tertiary alicyclic amines) is 1. The Kier molecular flexibility index (Phi) is 8.13. The Morgan fingerprint density at radius 1 is 1.06 bits per heavy atom. The van der Waals surface area contributed by atoms with Gasteiger partial charge in [0.1, 0.15) is 0 Å². The minimum atomic E-state index is -0.0748. The maximum absolute atomic E-state index is 13.3. The molecule has 0 spiro atoms. The number of amides is 2. The highest BCUT2D eigenvalue weighted by Crippen LogP contribution is 2.43. The van der Waals surface area contributed by atoms with Gasteiger partial charge in [0.2, 0.25) is 0 Å². The van der Waals surface area contributed by atoms with E-state index in [2.05, 4.69) is 112 Å². The lowest BCUT2D eigenvalue weighted by molar-refractivity contribution is 0.207. The topological polar surface area (TPSA) is 50.2 Å². The van der Waals surface area contributed by atoms with Crippen molar-refractivity contribution < 1.29 is 4.79 Å². The van der Waals surface area contributed by atoms with E-state index in [1.807, 2.05) is 16.7 Å². The van der Waals surface area contributed by atoms with E-state index in [9.17, 15) is 4.79 Å². The minimum absolute atomic E-state index is 0.000925. The molecule has 1 N–H and O–H groups in total. The Morgan fingerprint density at radius 3 is 2.33 bits per heavy atom. The fourth-order valence-electron chi connectivity index (χ4n) is 5.01. The van der Waals surface area contributed by atoms with E-state index in [0.717, 1.165) is 17.0 Å². The first-order chi connectivity index (χ1) is 17.2. The Hall–Kier alpha value is -2.73. The second kappa shape index (κ2) is 11.1. The number of hydrogen-bond acceptors (Lipinski definition) is 3. The highest BCUT2D eigenvalue weighted by atomic mass is 32.2. The van der Waals surface area contributed by atoms with Crippen LogP contribution in [0.5, 0.6) is 0 Å². The zero-order chi connectivity index (χ0) is 25.9. The lowest BCUT2D eigenvalue weighted by Gasteiger charge is -2.23. The van der Waals surface area contributed by atoms with Crippen LogP contribution < -0.4 is 5.32 Å². The number of thioether (sulfide) groups is 1. The molecule has 2 heterocycles. The standard InChI is InChI=1S/C30H40N4OS/c1-7-36-24-15-13-22(14-16-24)17-31-29(35)33-18-25(23-11-9-8-10-12-23)26(19-33)27-20-34(21(2)3)32-28(27)30(4,5)6/h8-16,20-21,25-26H,7,17-19H2,1-6H3,(H,31,35). The van der Waals surface area contributed by atoms with Gasteiger partial charge in [-0.15, -0.1) is 11.8 Å². The van der Waals surface area contributed by atoms with Crippen LogP contribution in [0.1, 0.15) is 81.8 Å². The van der Waals surface area contributed by atoms with Crippen molar-refractivity contribution in [2.45, 2.75) is 76.3 Å². The van der Waals surface area contributed by atoms with Crippen LogP contribution in [-0.4, -0.2) is 39.6 Å². The Balaban J connectivity index is 1.57. The second-order valence-electron chi connectivity index (χ2n) is 11.0. The van der Waals surface area contributed by atoms with E-state index in [1.165, 1.54) is 16.0 Å². The van der Waals surface area contributed by atoms with E-state index >= 15 is 0 Å². The fraction of sp³-hybridized carbons (Fsp3) is 0.467. The Morgan fingerprint density at radius 2 is 1.72 bits per heavy atom. The summed E-state index contributed by atoms with van der Waals surface area (Å²) in [5.74, 6) is 1.49. The molecule has 6 heteroatoms. The van der Waals surface area contributed by atoms with Crippen molar-refractivity contribution >= 4 is 17.8 Å². The summed E-state index contributed by atoms with van der Waals surface area (Å²) >= 11 is 1.83. The van der Waals surface area contributed by atoms with Crippen molar-refractivity contribution in [1.29, 1.82) is 0 Å². The van der Waals surface area contributed by atoms with Gasteiger partial charge in [-0.1, -0.05) is 70.2 Å². The summed E-state index contributed by atoms with van der Waals surface area (Å²) < 4.78 is 2.08. The molecule has 1 saturated heterocycles. The fourth-order valence-corrected chi connectivity index (χ4v) is 5.67. The second-order valence-corrected chi connectivity index (χ2v) is 12.4. The third kappa shape index (κ3) is 5.97. The van der Waals surface area contributed by atoms with Crippen molar-refractivity contribution in [2.24, 2.45) is 0 Å². The summed E-state index contributed by atoms with van der Waals surface area (Å²) in [5, 5.41) is 8.18. The molecule has 2 unspecified atom stereocenters. The molecule has 3 aromatic rings. The Bertz CT molecular complexity index is 1150. The van der Waals surface area contributed by atoms with E-state index in [4.69, 9.17) is 5.10 Å². The van der Waals surface area contributed by atoms with Gasteiger partial charge in [-0.2, -0.15) is 5.10 Å². The van der Waals surface area contributed by atoms with Crippen molar-refractivity contribution in [3.05, 3.63) is 83.2 Å². The number of benzene rings is 2. The third-order valence-electron chi connectivity index (χ3n) is 6.91. The smallest absolute Gasteiger partial charge is 0.317 e. The molecule has 5 nitrogen and oxygen atoms in total. The molecule has 0 saturated carbocycles. The van der Waals surface area contributed by atoms with Gasteiger partial charge >= 0.3 is 6.03 Å². The SMILES string of the molecule is CCSc1ccc(CNC(=O)N2CC(c3ccccc3)C(c3cn(C(C)C)nc3C(C)(C)C)C2)cc1. The summed E-state index contributed by atoms with van der Waals surface area (Å²) in [7, 11) is 0. The number of urea groups is 1. The zero-order valence-electron chi connectivity index (χ0n) is 22.5. The minimum Gasteiger partial charge on any atom is -0.334 e. The third-order valence-corrected chi connectivity index (χ3v) is 7.81. The molecule has 192 valence electrons. The van der Waals surface area contributed by atoms with E-state index in [1.54, 1.807) is 0 Å². The van der Waals surface area contributed by atoms with Crippen LogP contribution in [-0.2, 0) is 12.0 Å². The predicted octanol–water partition coefficient (Wildman–Crippen LogP) is 6.97. The summed E-state index contributed by atoms with van der Waals surface area (Å²) in [6.45, 7) is 15.1. The maximum Gasteiger partial charge on any atom is 0.317 e. The van der Waals surface area contributed by atoms with Gasteiger partial charge in [0.25, 0.3) is 0 Å². The molecular weight excluding hydrogens is 464 g/mol. The molecule has 0 aliphatic carbocycles. The van der Waals surface area contributed by atoms with Crippen LogP contribution in [0, 0.1) is 0 Å². The maximum atomic E-state index is 13.3. The van der Waals surface area contributed by atoms with Crippen LogP contribution in [0.25, 0.3) is 0 Å². The molecule has 0 bridgehead atoms. The van der Waals surface area contributed by atoms with E-state index < -0.39 is 0 Å². The lowest BCUT2D eigenvalue weighted by atomic mass is 9.79. The van der Waals surface area contributed by atoms with Gasteiger partial charge in [0.15, 0.2) is 0 Å². The molecular formula is C30H40N4OS. The average Bonchev–Trinajstić information content (AvgIpc) is 3.49. The van der Waals surface area contributed by atoms with Gasteiger partial charge in [0, 0.05) is 54.0 Å². The van der Waals surface area contributed by atoms with Gasteiger partial charge in [-0.25, -0.2) is 4.79 Å². The zero-order valence-corrected chi connectivity index (χ0v) is 23.3. The quantitative estimate of drug-likeness (QED) is 0.354. The summed E-state index contributed by atoms with van der Waals surface area (Å²) in [5.41, 5.74) is 4.72. The van der Waals surface area contributed by atoms with E-state index in [0.29, 0.717) is 19.6 Å². The molecule has 1 aromatic heterocycles. The number of rotatable bonds is 7. The summed E-state index contributed by atoms with van der Waals surface area (Å²) in [6, 6.07) is 19.4. The largest absolute Gasteiger partial charge is 0.334 e. The van der Waals surface area contributed by atoms with Crippen molar-refractivity contribution in [2.75, 3.05) is 18.8 Å². The molecule has 1 aliphatic rings. The number of hydrogen-bond donors (Lipinski definition) is 1. The first-order valence-corrected chi connectivity index (χ1v) is 14.0. The van der Waals surface area contributed by atoms with Crippen LogP contribution in [0.3, 0.4) is 0 Å². The van der Waals surface area contributed by atoms with Crippen molar-refractivity contribution in [1.82, 2.24) is 20.0 Å². The number of nitrogens with zero attached hydrogens (tertiary/aromatic N) is 3. The summed E-state index contributed by atoms with van der Waals surface area (Å²) in [6.07, 6.45) is 2.23. The van der Waals surface area contributed by atoms with Gasteiger partial charge in [0.05, 0.1) is 5.69 Å². The molecule has 0 radical (unpaired) electrons. The van der Waals surface area contributed by atoms with Crippen LogP contribution in [0.15, 0.2) is 65.7 Å². The number of carbonyl (C=O) groups excluding carboxylic acids is 1. The van der Waals surface area contributed by atoms with E-state index in [-0.39, 0.29) is 29.3 Å². The lowest BCUT2D eigenvalue weighted by Crippen LogP contribution is -2.38. The molecule has 1 aliphatic heterocycles. The van der Waals surface area contributed by atoms with Crippen LogP contribution in [0.4, 0.5) is 4.79 Å². The molecule has 36 heavy (non-hydrogen) atoms. The first kappa shape index (κ1) is 26.3. The van der Waals surface area contributed by atoms with Crippen molar-refractivity contribution in [3.8, 4) is 0 Å².